The van der Waals surface area contributed by atoms with Crippen molar-refractivity contribution in [3.63, 3.8) is 0 Å². The Kier molecular flexibility index (Phi) is 5.98. The summed E-state index contributed by atoms with van der Waals surface area (Å²) in [6.07, 6.45) is 7.50. The van der Waals surface area contributed by atoms with Gasteiger partial charge in [0.1, 0.15) is 17.4 Å². The summed E-state index contributed by atoms with van der Waals surface area (Å²) in [6, 6.07) is 7.51. The Balaban J connectivity index is 1.48. The molecule has 2 aromatic heterocycles. The van der Waals surface area contributed by atoms with Gasteiger partial charge in [0.2, 0.25) is 16.0 Å². The maximum absolute atomic E-state index is 11.4. The zero-order valence-corrected chi connectivity index (χ0v) is 17.9. The van der Waals surface area contributed by atoms with Crippen molar-refractivity contribution in [3.8, 4) is 0 Å². The van der Waals surface area contributed by atoms with Crippen LogP contribution in [0.4, 0.5) is 17.5 Å². The molecule has 0 saturated heterocycles. The Labute approximate surface area is 179 Å². The van der Waals surface area contributed by atoms with Gasteiger partial charge in [-0.1, -0.05) is 17.7 Å². The number of benzene rings is 1. The molecule has 0 unspecified atom stereocenters. The third kappa shape index (κ3) is 5.32. The standard InChI is InChI=1S/C19H22ClN7O2S/c1-30(28,29)27-14-7-5-13(6-8-14)25-19-21-10-16-17(26-19)18(23-11-22-16)24-15-4-2-3-12(20)9-15/h2-4,9-11,13-14,27H,5-8H2,1H3,(H,21,25,26)(H,22,23,24). The topological polar surface area (TPSA) is 122 Å². The van der Waals surface area contributed by atoms with Gasteiger partial charge in [0.05, 0.1) is 12.5 Å². The van der Waals surface area contributed by atoms with E-state index in [1.165, 1.54) is 12.6 Å². The van der Waals surface area contributed by atoms with Crippen LogP contribution in [0.2, 0.25) is 5.02 Å². The molecule has 3 aromatic rings. The highest BCUT2D eigenvalue weighted by Crippen LogP contribution is 2.25. The number of nitrogens with zero attached hydrogens (tertiary/aromatic N) is 4. The van der Waals surface area contributed by atoms with Crippen molar-refractivity contribution in [1.82, 2.24) is 24.7 Å². The van der Waals surface area contributed by atoms with E-state index in [1.54, 1.807) is 18.3 Å². The Morgan fingerprint density at radius 1 is 1.07 bits per heavy atom. The molecule has 0 spiro atoms. The van der Waals surface area contributed by atoms with Crippen molar-refractivity contribution in [2.75, 3.05) is 16.9 Å². The van der Waals surface area contributed by atoms with Gasteiger partial charge in [-0.05, 0) is 43.9 Å². The van der Waals surface area contributed by atoms with Crippen LogP contribution in [-0.4, -0.2) is 46.7 Å². The Morgan fingerprint density at radius 2 is 1.83 bits per heavy atom. The molecule has 3 N–H and O–H groups in total. The lowest BCUT2D eigenvalue weighted by molar-refractivity contribution is 0.387. The van der Waals surface area contributed by atoms with E-state index in [9.17, 15) is 8.42 Å². The first-order valence-corrected chi connectivity index (χ1v) is 11.9. The number of nitrogens with one attached hydrogen (secondary N) is 3. The van der Waals surface area contributed by atoms with E-state index in [1.807, 2.05) is 12.1 Å². The van der Waals surface area contributed by atoms with E-state index in [0.717, 1.165) is 31.4 Å². The molecule has 4 rings (SSSR count). The van der Waals surface area contributed by atoms with Gasteiger partial charge < -0.3 is 10.6 Å². The molecule has 1 saturated carbocycles. The molecule has 0 amide bonds. The summed E-state index contributed by atoms with van der Waals surface area (Å²) in [6.45, 7) is 0. The van der Waals surface area contributed by atoms with Crippen LogP contribution in [0.1, 0.15) is 25.7 Å². The number of sulfonamides is 1. The van der Waals surface area contributed by atoms with E-state index < -0.39 is 10.0 Å². The third-order valence-corrected chi connectivity index (χ3v) is 5.90. The molecule has 11 heteroatoms. The average Bonchev–Trinajstić information content (AvgIpc) is 2.69. The molecular weight excluding hydrogens is 426 g/mol. The molecule has 1 aliphatic rings. The van der Waals surface area contributed by atoms with E-state index in [4.69, 9.17) is 11.6 Å². The average molecular weight is 448 g/mol. The van der Waals surface area contributed by atoms with Crippen molar-refractivity contribution < 1.29 is 8.42 Å². The largest absolute Gasteiger partial charge is 0.351 e. The fourth-order valence-electron chi connectivity index (χ4n) is 3.56. The monoisotopic (exact) mass is 447 g/mol. The summed E-state index contributed by atoms with van der Waals surface area (Å²) < 4.78 is 25.5. The second-order valence-corrected chi connectivity index (χ2v) is 9.58. The summed E-state index contributed by atoms with van der Waals surface area (Å²) in [5, 5.41) is 7.20. The summed E-state index contributed by atoms with van der Waals surface area (Å²) in [7, 11) is -3.18. The minimum absolute atomic E-state index is 0.0162. The van der Waals surface area contributed by atoms with Crippen LogP contribution in [0.3, 0.4) is 0 Å². The van der Waals surface area contributed by atoms with Gasteiger partial charge in [0.25, 0.3) is 0 Å². The number of rotatable bonds is 6. The zero-order valence-electron chi connectivity index (χ0n) is 16.3. The van der Waals surface area contributed by atoms with Crippen molar-refractivity contribution in [3.05, 3.63) is 41.8 Å². The summed E-state index contributed by atoms with van der Waals surface area (Å²) in [4.78, 5) is 17.5. The van der Waals surface area contributed by atoms with Crippen LogP contribution in [0.5, 0.6) is 0 Å². The number of aromatic nitrogens is 4. The lowest BCUT2D eigenvalue weighted by atomic mass is 9.92. The molecule has 1 aliphatic carbocycles. The third-order valence-electron chi connectivity index (χ3n) is 4.91. The van der Waals surface area contributed by atoms with Gasteiger partial charge in [-0.25, -0.2) is 33.1 Å². The molecule has 158 valence electrons. The number of halogens is 1. The van der Waals surface area contributed by atoms with E-state index in [-0.39, 0.29) is 12.1 Å². The van der Waals surface area contributed by atoms with Gasteiger partial charge in [0.15, 0.2) is 5.82 Å². The van der Waals surface area contributed by atoms with E-state index >= 15 is 0 Å². The van der Waals surface area contributed by atoms with Crippen molar-refractivity contribution in [2.45, 2.75) is 37.8 Å². The lowest BCUT2D eigenvalue weighted by Gasteiger charge is -2.29. The van der Waals surface area contributed by atoms with Crippen LogP contribution in [0, 0.1) is 0 Å². The Hall–Kier alpha value is -2.56. The number of anilines is 3. The minimum atomic E-state index is -3.18. The van der Waals surface area contributed by atoms with Crippen molar-refractivity contribution >= 4 is 50.1 Å². The zero-order chi connectivity index (χ0) is 21.1. The molecule has 0 atom stereocenters. The van der Waals surface area contributed by atoms with Crippen LogP contribution in [0.15, 0.2) is 36.8 Å². The quantitative estimate of drug-likeness (QED) is 0.527. The molecular formula is C19H22ClN7O2S. The summed E-state index contributed by atoms with van der Waals surface area (Å²) in [5.41, 5.74) is 2.02. The highest BCUT2D eigenvalue weighted by Gasteiger charge is 2.23. The van der Waals surface area contributed by atoms with Gasteiger partial charge in [-0.3, -0.25) is 0 Å². The Bertz CT molecular complexity index is 1150. The maximum atomic E-state index is 11.4. The molecule has 2 heterocycles. The van der Waals surface area contributed by atoms with E-state index in [0.29, 0.717) is 27.8 Å². The van der Waals surface area contributed by atoms with Crippen molar-refractivity contribution in [1.29, 1.82) is 0 Å². The smallest absolute Gasteiger partial charge is 0.223 e. The molecule has 0 aliphatic heterocycles. The van der Waals surface area contributed by atoms with Crippen molar-refractivity contribution in [2.24, 2.45) is 0 Å². The fraction of sp³-hybridized carbons (Fsp3) is 0.368. The van der Waals surface area contributed by atoms with Gasteiger partial charge >= 0.3 is 0 Å². The number of hydrogen-bond acceptors (Lipinski definition) is 8. The van der Waals surface area contributed by atoms with Crippen LogP contribution < -0.4 is 15.4 Å². The first kappa shape index (κ1) is 20.7. The highest BCUT2D eigenvalue weighted by atomic mass is 35.5. The SMILES string of the molecule is CS(=O)(=O)NC1CCC(Nc2ncc3ncnc(Nc4cccc(Cl)c4)c3n2)CC1. The molecule has 0 bridgehead atoms. The molecule has 0 radical (unpaired) electrons. The maximum Gasteiger partial charge on any atom is 0.223 e. The first-order chi connectivity index (χ1) is 14.4. The predicted molar refractivity (Wildman–Crippen MR) is 118 cm³/mol. The molecule has 1 fully saturated rings. The normalized spacial score (nSPS) is 19.5. The predicted octanol–water partition coefficient (Wildman–Crippen LogP) is 3.09. The second-order valence-electron chi connectivity index (χ2n) is 7.37. The lowest BCUT2D eigenvalue weighted by Crippen LogP contribution is -2.39. The number of fused-ring (bicyclic) bond motifs is 1. The molecule has 1 aromatic carbocycles. The first-order valence-electron chi connectivity index (χ1n) is 9.60. The minimum Gasteiger partial charge on any atom is -0.351 e. The number of hydrogen-bond donors (Lipinski definition) is 3. The van der Waals surface area contributed by atoms with Crippen LogP contribution in [-0.2, 0) is 10.0 Å². The van der Waals surface area contributed by atoms with Crippen LogP contribution in [0.25, 0.3) is 11.0 Å². The molecule has 9 nitrogen and oxygen atoms in total. The Morgan fingerprint density at radius 3 is 2.57 bits per heavy atom. The van der Waals surface area contributed by atoms with Gasteiger partial charge in [0, 0.05) is 22.8 Å². The van der Waals surface area contributed by atoms with Gasteiger partial charge in [-0.15, -0.1) is 0 Å². The fourth-order valence-corrected chi connectivity index (χ4v) is 4.59. The second kappa shape index (κ2) is 8.66. The summed E-state index contributed by atoms with van der Waals surface area (Å²) >= 11 is 6.06. The highest BCUT2D eigenvalue weighted by molar-refractivity contribution is 7.88. The van der Waals surface area contributed by atoms with E-state index in [2.05, 4.69) is 35.3 Å². The molecule has 30 heavy (non-hydrogen) atoms. The summed E-state index contributed by atoms with van der Waals surface area (Å²) in [5.74, 6) is 1.06. The van der Waals surface area contributed by atoms with Crippen LogP contribution >= 0.6 is 11.6 Å². The van der Waals surface area contributed by atoms with Gasteiger partial charge in [-0.2, -0.15) is 0 Å².